The third-order valence-corrected chi connectivity index (χ3v) is 3.71. The van der Waals surface area contributed by atoms with Gasteiger partial charge in [0.1, 0.15) is 5.82 Å². The Labute approximate surface area is 109 Å². The second-order valence-electron chi connectivity index (χ2n) is 5.14. The molecule has 1 aliphatic carbocycles. The van der Waals surface area contributed by atoms with Gasteiger partial charge in [-0.25, -0.2) is 4.39 Å². The molecule has 0 amide bonds. The first-order chi connectivity index (χ1) is 8.88. The van der Waals surface area contributed by atoms with Crippen molar-refractivity contribution in [1.29, 1.82) is 0 Å². The van der Waals surface area contributed by atoms with Gasteiger partial charge in [-0.3, -0.25) is 0 Å². The summed E-state index contributed by atoms with van der Waals surface area (Å²) in [6.07, 6.45) is -0.790. The van der Waals surface area contributed by atoms with E-state index in [2.05, 4.69) is 0 Å². The van der Waals surface area contributed by atoms with Crippen molar-refractivity contribution in [1.82, 2.24) is 0 Å². The first-order valence-electron chi connectivity index (χ1n) is 6.42. The number of halogens is 4. The Morgan fingerprint density at radius 1 is 1.21 bits per heavy atom. The molecule has 1 aromatic rings. The Hall–Kier alpha value is -1.10. The van der Waals surface area contributed by atoms with Gasteiger partial charge in [-0.1, -0.05) is 31.7 Å². The fourth-order valence-electron chi connectivity index (χ4n) is 2.67. The molecule has 0 saturated heterocycles. The van der Waals surface area contributed by atoms with E-state index >= 15 is 0 Å². The highest BCUT2D eigenvalue weighted by molar-refractivity contribution is 5.27. The summed E-state index contributed by atoms with van der Waals surface area (Å²) in [5, 5.41) is 9.95. The summed E-state index contributed by atoms with van der Waals surface area (Å²) in [5.41, 5.74) is -1.07. The number of aliphatic hydroxyl groups is 1. The maximum absolute atomic E-state index is 13.4. The molecule has 19 heavy (non-hydrogen) atoms. The van der Waals surface area contributed by atoms with Crippen molar-refractivity contribution in [2.24, 2.45) is 5.92 Å². The first-order valence-corrected chi connectivity index (χ1v) is 6.42. The molecule has 1 aliphatic rings. The van der Waals surface area contributed by atoms with Crippen LogP contribution in [0.2, 0.25) is 0 Å². The van der Waals surface area contributed by atoms with Gasteiger partial charge in [-0.05, 0) is 30.0 Å². The Morgan fingerprint density at radius 2 is 1.84 bits per heavy atom. The number of hydrogen-bond acceptors (Lipinski definition) is 1. The molecular formula is C14H16F4O. The average molecular weight is 276 g/mol. The van der Waals surface area contributed by atoms with E-state index in [1.807, 2.05) is 0 Å². The summed E-state index contributed by atoms with van der Waals surface area (Å²) in [4.78, 5) is 0. The highest BCUT2D eigenvalue weighted by Crippen LogP contribution is 2.35. The van der Waals surface area contributed by atoms with Gasteiger partial charge in [0.15, 0.2) is 0 Å². The molecule has 1 aromatic carbocycles. The smallest absolute Gasteiger partial charge is 0.388 e. The van der Waals surface area contributed by atoms with Gasteiger partial charge in [-0.15, -0.1) is 0 Å². The Bertz CT molecular complexity index is 436. The molecular weight excluding hydrogens is 260 g/mol. The molecule has 5 heteroatoms. The second-order valence-corrected chi connectivity index (χ2v) is 5.14. The van der Waals surface area contributed by atoms with E-state index in [1.54, 1.807) is 0 Å². The summed E-state index contributed by atoms with van der Waals surface area (Å²) < 4.78 is 50.6. The monoisotopic (exact) mass is 276 g/mol. The Morgan fingerprint density at radius 3 is 2.37 bits per heavy atom. The van der Waals surface area contributed by atoms with E-state index in [9.17, 15) is 22.7 Å². The molecule has 0 radical (unpaired) electrons. The van der Waals surface area contributed by atoms with E-state index in [-0.39, 0.29) is 5.56 Å². The van der Waals surface area contributed by atoms with Gasteiger partial charge in [0.25, 0.3) is 0 Å². The van der Waals surface area contributed by atoms with Crippen molar-refractivity contribution in [3.05, 3.63) is 35.1 Å². The van der Waals surface area contributed by atoms with Crippen LogP contribution in [0.15, 0.2) is 18.2 Å². The predicted molar refractivity (Wildman–Crippen MR) is 62.9 cm³/mol. The summed E-state index contributed by atoms with van der Waals surface area (Å²) in [5.74, 6) is -0.934. The molecule has 1 atom stereocenters. The largest absolute Gasteiger partial charge is 0.419 e. The summed E-state index contributed by atoms with van der Waals surface area (Å²) in [6, 6.07) is 2.65. The minimum absolute atomic E-state index is 0.220. The van der Waals surface area contributed by atoms with Crippen LogP contribution >= 0.6 is 0 Å². The molecule has 0 spiro atoms. The lowest BCUT2D eigenvalue weighted by Crippen LogP contribution is -2.10. The summed E-state index contributed by atoms with van der Waals surface area (Å²) >= 11 is 0. The van der Waals surface area contributed by atoms with Crippen LogP contribution in [-0.4, -0.2) is 5.11 Å². The third-order valence-electron chi connectivity index (χ3n) is 3.71. The molecule has 1 fully saturated rings. The molecule has 1 N–H and O–H groups in total. The maximum Gasteiger partial charge on any atom is 0.419 e. The molecule has 0 bridgehead atoms. The SMILES string of the molecule is OC(CC1CCCC1)c1ccc(C(F)(F)F)c(F)c1. The topological polar surface area (TPSA) is 20.2 Å². The summed E-state index contributed by atoms with van der Waals surface area (Å²) in [6.45, 7) is 0. The normalized spacial score (nSPS) is 18.8. The molecule has 1 saturated carbocycles. The van der Waals surface area contributed by atoms with Crippen LogP contribution in [0.1, 0.15) is 49.3 Å². The third kappa shape index (κ3) is 3.47. The van der Waals surface area contributed by atoms with Gasteiger partial charge in [0.2, 0.25) is 0 Å². The lowest BCUT2D eigenvalue weighted by molar-refractivity contribution is -0.140. The standard InChI is InChI=1S/C14H16F4O/c15-12-8-10(5-6-11(12)14(16,17)18)13(19)7-9-3-1-2-4-9/h5-6,8-9,13,19H,1-4,7H2. The minimum Gasteiger partial charge on any atom is -0.388 e. The van der Waals surface area contributed by atoms with Gasteiger partial charge in [0, 0.05) is 0 Å². The number of rotatable bonds is 3. The van der Waals surface area contributed by atoms with Crippen LogP contribution in [0.25, 0.3) is 0 Å². The molecule has 2 rings (SSSR count). The van der Waals surface area contributed by atoms with Crippen LogP contribution in [0, 0.1) is 11.7 Å². The fourth-order valence-corrected chi connectivity index (χ4v) is 2.67. The van der Waals surface area contributed by atoms with E-state index < -0.39 is 23.7 Å². The Kier molecular flexibility index (Phi) is 4.13. The van der Waals surface area contributed by atoms with E-state index in [1.165, 1.54) is 0 Å². The van der Waals surface area contributed by atoms with Crippen molar-refractivity contribution in [3.63, 3.8) is 0 Å². The van der Waals surface area contributed by atoms with E-state index in [0.29, 0.717) is 18.4 Å². The van der Waals surface area contributed by atoms with Gasteiger partial charge >= 0.3 is 6.18 Å². The Balaban J connectivity index is 2.10. The lowest BCUT2D eigenvalue weighted by atomic mass is 9.95. The average Bonchev–Trinajstić information content (AvgIpc) is 2.79. The second kappa shape index (κ2) is 5.49. The zero-order valence-electron chi connectivity index (χ0n) is 10.4. The first kappa shape index (κ1) is 14.3. The molecule has 0 aromatic heterocycles. The van der Waals surface area contributed by atoms with Crippen molar-refractivity contribution in [2.45, 2.75) is 44.4 Å². The van der Waals surface area contributed by atoms with Crippen LogP contribution in [-0.2, 0) is 6.18 Å². The number of aliphatic hydroxyl groups excluding tert-OH is 1. The molecule has 0 aliphatic heterocycles. The highest BCUT2D eigenvalue weighted by atomic mass is 19.4. The van der Waals surface area contributed by atoms with Crippen LogP contribution in [0.5, 0.6) is 0 Å². The van der Waals surface area contributed by atoms with Crippen molar-refractivity contribution in [2.75, 3.05) is 0 Å². The van der Waals surface area contributed by atoms with Gasteiger partial charge < -0.3 is 5.11 Å². The zero-order chi connectivity index (χ0) is 14.0. The number of benzene rings is 1. The molecule has 106 valence electrons. The van der Waals surface area contributed by atoms with Crippen molar-refractivity contribution < 1.29 is 22.7 Å². The summed E-state index contributed by atoms with van der Waals surface area (Å²) in [7, 11) is 0. The highest BCUT2D eigenvalue weighted by Gasteiger charge is 2.34. The molecule has 0 heterocycles. The quantitative estimate of drug-likeness (QED) is 0.808. The maximum atomic E-state index is 13.4. The van der Waals surface area contributed by atoms with Gasteiger partial charge in [0.05, 0.1) is 11.7 Å². The lowest BCUT2D eigenvalue weighted by Gasteiger charge is -2.17. The molecule has 1 nitrogen and oxygen atoms in total. The van der Waals surface area contributed by atoms with E-state index in [0.717, 1.165) is 37.8 Å². The molecule has 1 unspecified atom stereocenters. The number of alkyl halides is 3. The zero-order valence-corrected chi connectivity index (χ0v) is 10.4. The van der Waals surface area contributed by atoms with Crippen molar-refractivity contribution in [3.8, 4) is 0 Å². The predicted octanol–water partition coefficient (Wildman–Crippen LogP) is 4.46. The van der Waals surface area contributed by atoms with Crippen molar-refractivity contribution >= 4 is 0 Å². The van der Waals surface area contributed by atoms with Gasteiger partial charge in [-0.2, -0.15) is 13.2 Å². The number of hydrogen-bond donors (Lipinski definition) is 1. The van der Waals surface area contributed by atoms with E-state index in [4.69, 9.17) is 0 Å². The fraction of sp³-hybridized carbons (Fsp3) is 0.571. The minimum atomic E-state index is -4.70. The van der Waals surface area contributed by atoms with Crippen LogP contribution < -0.4 is 0 Å². The van der Waals surface area contributed by atoms with Crippen LogP contribution in [0.4, 0.5) is 17.6 Å². The van der Waals surface area contributed by atoms with Crippen LogP contribution in [0.3, 0.4) is 0 Å².